The van der Waals surface area contributed by atoms with Crippen LogP contribution in [0, 0.1) is 11.8 Å². The highest BCUT2D eigenvalue weighted by atomic mass is 16.5. The summed E-state index contributed by atoms with van der Waals surface area (Å²) in [5.74, 6) is 2.78. The van der Waals surface area contributed by atoms with Gasteiger partial charge in [0.05, 0.1) is 20.3 Å². The molecule has 2 atom stereocenters. The predicted octanol–water partition coefficient (Wildman–Crippen LogP) is 3.05. The van der Waals surface area contributed by atoms with E-state index in [1.165, 1.54) is 6.42 Å². The van der Waals surface area contributed by atoms with Crippen molar-refractivity contribution in [1.29, 1.82) is 0 Å². The Morgan fingerprint density at radius 2 is 1.90 bits per heavy atom. The van der Waals surface area contributed by atoms with E-state index < -0.39 is 0 Å². The van der Waals surface area contributed by atoms with Gasteiger partial charge in [-0.05, 0) is 48.9 Å². The molecule has 1 aromatic carbocycles. The maximum Gasteiger partial charge on any atom is 0.305 e. The van der Waals surface area contributed by atoms with E-state index in [-0.39, 0.29) is 5.97 Å². The van der Waals surface area contributed by atoms with E-state index >= 15 is 0 Å². The molecule has 0 spiro atoms. The zero-order valence-corrected chi connectivity index (χ0v) is 12.1. The minimum absolute atomic E-state index is 0.123. The van der Waals surface area contributed by atoms with Gasteiger partial charge in [-0.1, -0.05) is 6.92 Å². The Morgan fingerprint density at radius 1 is 1.25 bits per heavy atom. The second kappa shape index (κ2) is 7.17. The van der Waals surface area contributed by atoms with E-state index in [9.17, 15) is 4.79 Å². The molecule has 1 aromatic rings. The molecule has 0 radical (unpaired) electrons. The van der Waals surface area contributed by atoms with E-state index in [0.717, 1.165) is 17.4 Å². The Labute approximate surface area is 120 Å². The number of methoxy groups -OCH3 is 1. The quantitative estimate of drug-likeness (QED) is 0.541. The molecule has 4 nitrogen and oxygen atoms in total. The molecule has 2 rings (SSSR count). The van der Waals surface area contributed by atoms with Gasteiger partial charge in [0.2, 0.25) is 0 Å². The molecule has 0 saturated heterocycles. The molecule has 110 valence electrons. The van der Waals surface area contributed by atoms with Crippen LogP contribution in [0.3, 0.4) is 0 Å². The van der Waals surface area contributed by atoms with Crippen molar-refractivity contribution in [3.63, 3.8) is 0 Å². The molecule has 2 unspecified atom stereocenters. The highest BCUT2D eigenvalue weighted by molar-refractivity contribution is 5.69. The number of benzene rings is 1. The molecule has 1 aliphatic rings. The molecule has 0 N–H and O–H groups in total. The second-order valence-corrected chi connectivity index (χ2v) is 5.28. The van der Waals surface area contributed by atoms with Gasteiger partial charge in [0.1, 0.15) is 11.5 Å². The number of hydrogen-bond acceptors (Lipinski definition) is 4. The lowest BCUT2D eigenvalue weighted by Crippen LogP contribution is -2.09. The van der Waals surface area contributed by atoms with Gasteiger partial charge in [0.15, 0.2) is 0 Å². The fourth-order valence-corrected chi connectivity index (χ4v) is 1.98. The molecule has 1 aliphatic carbocycles. The zero-order valence-electron chi connectivity index (χ0n) is 12.1. The Bertz CT molecular complexity index is 427. The average molecular weight is 278 g/mol. The van der Waals surface area contributed by atoms with Crippen LogP contribution in [0.2, 0.25) is 0 Å². The Hall–Kier alpha value is -1.71. The van der Waals surface area contributed by atoms with E-state index in [1.807, 2.05) is 24.3 Å². The monoisotopic (exact) mass is 278 g/mol. The Morgan fingerprint density at radius 3 is 2.50 bits per heavy atom. The Kier molecular flexibility index (Phi) is 5.27. The SMILES string of the molecule is COc1ccc(OCCCC(=O)OCC2CC2C)cc1. The van der Waals surface area contributed by atoms with Crippen LogP contribution < -0.4 is 9.47 Å². The molecule has 4 heteroatoms. The minimum Gasteiger partial charge on any atom is -0.497 e. The van der Waals surface area contributed by atoms with Crippen molar-refractivity contribution in [3.8, 4) is 11.5 Å². The van der Waals surface area contributed by atoms with Crippen LogP contribution in [0.5, 0.6) is 11.5 Å². The summed E-state index contributed by atoms with van der Waals surface area (Å²) < 4.78 is 15.8. The molecule has 0 heterocycles. The van der Waals surface area contributed by atoms with Crippen LogP contribution in [0.15, 0.2) is 24.3 Å². The molecule has 1 saturated carbocycles. The van der Waals surface area contributed by atoms with E-state index in [2.05, 4.69) is 6.92 Å². The molecule has 20 heavy (non-hydrogen) atoms. The van der Waals surface area contributed by atoms with Crippen molar-refractivity contribution in [3.05, 3.63) is 24.3 Å². The largest absolute Gasteiger partial charge is 0.497 e. The van der Waals surface area contributed by atoms with Gasteiger partial charge in [-0.3, -0.25) is 4.79 Å². The number of carbonyl (C=O) groups excluding carboxylic acids is 1. The van der Waals surface area contributed by atoms with Crippen molar-refractivity contribution >= 4 is 5.97 Å². The van der Waals surface area contributed by atoms with Gasteiger partial charge in [0, 0.05) is 6.42 Å². The van der Waals surface area contributed by atoms with Crippen LogP contribution >= 0.6 is 0 Å². The lowest BCUT2D eigenvalue weighted by atomic mass is 10.3. The molecule has 0 aliphatic heterocycles. The highest BCUT2D eigenvalue weighted by Gasteiger charge is 2.33. The van der Waals surface area contributed by atoms with Crippen molar-refractivity contribution in [2.45, 2.75) is 26.2 Å². The summed E-state index contributed by atoms with van der Waals surface area (Å²) >= 11 is 0. The number of rotatable bonds is 8. The fourth-order valence-electron chi connectivity index (χ4n) is 1.98. The van der Waals surface area contributed by atoms with Crippen molar-refractivity contribution in [2.75, 3.05) is 20.3 Å². The molecule has 0 amide bonds. The first kappa shape index (κ1) is 14.7. The molecular weight excluding hydrogens is 256 g/mol. The smallest absolute Gasteiger partial charge is 0.305 e. The Balaban J connectivity index is 1.54. The topological polar surface area (TPSA) is 44.8 Å². The second-order valence-electron chi connectivity index (χ2n) is 5.28. The van der Waals surface area contributed by atoms with E-state index in [1.54, 1.807) is 7.11 Å². The van der Waals surface area contributed by atoms with Crippen LogP contribution in [-0.2, 0) is 9.53 Å². The maximum absolute atomic E-state index is 11.5. The summed E-state index contributed by atoms with van der Waals surface area (Å²) in [7, 11) is 1.63. The minimum atomic E-state index is -0.123. The molecule has 1 fully saturated rings. The third kappa shape index (κ3) is 4.76. The fraction of sp³-hybridized carbons (Fsp3) is 0.562. The van der Waals surface area contributed by atoms with E-state index in [4.69, 9.17) is 14.2 Å². The number of ether oxygens (including phenoxy) is 3. The van der Waals surface area contributed by atoms with Crippen molar-refractivity contribution in [1.82, 2.24) is 0 Å². The summed E-state index contributed by atoms with van der Waals surface area (Å²) in [5.41, 5.74) is 0. The van der Waals surface area contributed by atoms with Crippen molar-refractivity contribution < 1.29 is 19.0 Å². The van der Waals surface area contributed by atoms with Gasteiger partial charge >= 0.3 is 5.97 Å². The van der Waals surface area contributed by atoms with Gasteiger partial charge in [-0.2, -0.15) is 0 Å². The number of hydrogen-bond donors (Lipinski definition) is 0. The number of carbonyl (C=O) groups is 1. The first-order chi connectivity index (χ1) is 9.69. The van der Waals surface area contributed by atoms with Gasteiger partial charge in [-0.25, -0.2) is 0 Å². The van der Waals surface area contributed by atoms with Crippen LogP contribution in [0.1, 0.15) is 26.2 Å². The van der Waals surface area contributed by atoms with Crippen LogP contribution in [-0.4, -0.2) is 26.3 Å². The summed E-state index contributed by atoms with van der Waals surface area (Å²) in [6.07, 6.45) is 2.27. The lowest BCUT2D eigenvalue weighted by Gasteiger charge is -2.07. The molecular formula is C16H22O4. The first-order valence-corrected chi connectivity index (χ1v) is 7.11. The van der Waals surface area contributed by atoms with Crippen LogP contribution in [0.4, 0.5) is 0 Å². The van der Waals surface area contributed by atoms with Crippen molar-refractivity contribution in [2.24, 2.45) is 11.8 Å². The van der Waals surface area contributed by atoms with E-state index in [0.29, 0.717) is 32.0 Å². The molecule has 0 aromatic heterocycles. The number of esters is 1. The summed E-state index contributed by atoms with van der Waals surface area (Å²) in [5, 5.41) is 0. The molecule has 0 bridgehead atoms. The van der Waals surface area contributed by atoms with Gasteiger partial charge in [0.25, 0.3) is 0 Å². The third-order valence-electron chi connectivity index (χ3n) is 3.59. The summed E-state index contributed by atoms with van der Waals surface area (Å²) in [4.78, 5) is 11.5. The summed E-state index contributed by atoms with van der Waals surface area (Å²) in [6.45, 7) is 3.28. The highest BCUT2D eigenvalue weighted by Crippen LogP contribution is 2.37. The lowest BCUT2D eigenvalue weighted by molar-refractivity contribution is -0.144. The first-order valence-electron chi connectivity index (χ1n) is 7.11. The summed E-state index contributed by atoms with van der Waals surface area (Å²) in [6, 6.07) is 7.40. The third-order valence-corrected chi connectivity index (χ3v) is 3.59. The van der Waals surface area contributed by atoms with Crippen LogP contribution in [0.25, 0.3) is 0 Å². The average Bonchev–Trinajstić information content (AvgIpc) is 3.18. The standard InChI is InChI=1S/C16H22O4/c1-12-10-13(12)11-20-16(17)4-3-9-19-15-7-5-14(18-2)6-8-15/h5-8,12-13H,3-4,9-11H2,1-2H3. The maximum atomic E-state index is 11.5. The normalized spacial score (nSPS) is 20.3. The predicted molar refractivity (Wildman–Crippen MR) is 76.0 cm³/mol. The van der Waals surface area contributed by atoms with Gasteiger partial charge < -0.3 is 14.2 Å². The van der Waals surface area contributed by atoms with Gasteiger partial charge in [-0.15, -0.1) is 0 Å². The zero-order chi connectivity index (χ0) is 14.4.